The second kappa shape index (κ2) is 9.70. The molecule has 2 aromatic heterocycles. The number of benzene rings is 2. The van der Waals surface area contributed by atoms with E-state index in [-0.39, 0.29) is 11.6 Å². The molecule has 0 saturated carbocycles. The summed E-state index contributed by atoms with van der Waals surface area (Å²) in [5, 5.41) is 6.54. The molecule has 0 aliphatic carbocycles. The van der Waals surface area contributed by atoms with E-state index >= 15 is 0 Å². The lowest BCUT2D eigenvalue weighted by Gasteiger charge is -2.16. The number of pyridine rings is 1. The number of hydrogen-bond donors (Lipinski definition) is 2. The molecule has 34 heavy (non-hydrogen) atoms. The maximum absolute atomic E-state index is 11.8. The number of fused-ring (bicyclic) bond motifs is 1. The Morgan fingerprint density at radius 2 is 1.94 bits per heavy atom. The normalized spacial score (nSPS) is 13.8. The van der Waals surface area contributed by atoms with Gasteiger partial charge in [0.1, 0.15) is 22.7 Å². The predicted molar refractivity (Wildman–Crippen MR) is 131 cm³/mol. The number of carbonyl (C=O) groups excluding carboxylic acids is 1. The van der Waals surface area contributed by atoms with Crippen molar-refractivity contribution in [1.29, 1.82) is 0 Å². The predicted octanol–water partition coefficient (Wildman–Crippen LogP) is 5.37. The van der Waals surface area contributed by atoms with Crippen LogP contribution >= 0.6 is 11.6 Å². The van der Waals surface area contributed by atoms with Gasteiger partial charge in [-0.2, -0.15) is 4.98 Å². The van der Waals surface area contributed by atoms with Gasteiger partial charge in [-0.15, -0.1) is 0 Å². The molecule has 1 amide bonds. The average Bonchev–Trinajstić information content (AvgIpc) is 3.50. The van der Waals surface area contributed by atoms with E-state index in [9.17, 15) is 4.79 Å². The van der Waals surface area contributed by atoms with Crippen LogP contribution in [0.15, 0.2) is 59.1 Å². The van der Waals surface area contributed by atoms with Crippen molar-refractivity contribution < 1.29 is 13.9 Å². The number of nitrogens with one attached hydrogen (secondary N) is 2. The average molecular weight is 478 g/mol. The number of likely N-dealkylation sites (tertiary alicyclic amines) is 1. The fraction of sp³-hybridized carbons (Fsp3) is 0.240. The van der Waals surface area contributed by atoms with E-state index in [1.807, 2.05) is 18.2 Å². The molecule has 0 atom stereocenters. The first-order valence-electron chi connectivity index (χ1n) is 11.1. The van der Waals surface area contributed by atoms with Gasteiger partial charge < -0.3 is 19.8 Å². The highest BCUT2D eigenvalue weighted by molar-refractivity contribution is 6.31. The zero-order valence-corrected chi connectivity index (χ0v) is 19.4. The van der Waals surface area contributed by atoms with Crippen LogP contribution in [0.2, 0.25) is 5.02 Å². The lowest BCUT2D eigenvalue weighted by molar-refractivity contribution is 0.0958. The summed E-state index contributed by atoms with van der Waals surface area (Å²) in [6.45, 7) is 3.05. The monoisotopic (exact) mass is 477 g/mol. The van der Waals surface area contributed by atoms with Crippen LogP contribution in [0.5, 0.6) is 11.5 Å². The third kappa shape index (κ3) is 4.98. The van der Waals surface area contributed by atoms with Crippen molar-refractivity contribution in [2.45, 2.75) is 19.4 Å². The molecular formula is C25H24ClN5O3. The Morgan fingerprint density at radius 3 is 2.76 bits per heavy atom. The van der Waals surface area contributed by atoms with Crippen LogP contribution in [0.3, 0.4) is 0 Å². The SMILES string of the molecule is CNC(=O)c1cc(Oc2ccc3oc(Nc4ccc(Cl)c(CN5CCCC5)c4)nc3c2)ccn1. The number of amides is 1. The molecule has 2 aromatic carbocycles. The number of halogens is 1. The van der Waals surface area contributed by atoms with Crippen LogP contribution in [0, 0.1) is 0 Å². The summed E-state index contributed by atoms with van der Waals surface area (Å²) in [7, 11) is 1.56. The highest BCUT2D eigenvalue weighted by atomic mass is 35.5. The van der Waals surface area contributed by atoms with E-state index in [1.165, 1.54) is 19.0 Å². The first-order chi connectivity index (χ1) is 16.6. The quantitative estimate of drug-likeness (QED) is 0.369. The zero-order valence-electron chi connectivity index (χ0n) is 18.7. The Bertz CT molecular complexity index is 1330. The molecule has 0 bridgehead atoms. The molecule has 3 heterocycles. The summed E-state index contributed by atoms with van der Waals surface area (Å²) in [5.74, 6) is 0.793. The Labute approximate surface area is 201 Å². The first-order valence-corrected chi connectivity index (χ1v) is 11.5. The van der Waals surface area contributed by atoms with Gasteiger partial charge >= 0.3 is 0 Å². The number of carbonyl (C=O) groups is 1. The molecule has 5 rings (SSSR count). The van der Waals surface area contributed by atoms with Gasteiger partial charge in [0.15, 0.2) is 5.58 Å². The van der Waals surface area contributed by atoms with Crippen LogP contribution in [0.1, 0.15) is 28.9 Å². The second-order valence-electron chi connectivity index (χ2n) is 8.12. The van der Waals surface area contributed by atoms with Gasteiger partial charge in [0.25, 0.3) is 11.9 Å². The number of oxazole rings is 1. The van der Waals surface area contributed by atoms with Gasteiger partial charge in [-0.05, 0) is 67.9 Å². The Hall–Kier alpha value is -3.62. The summed E-state index contributed by atoms with van der Waals surface area (Å²) >= 11 is 6.43. The summed E-state index contributed by atoms with van der Waals surface area (Å²) in [6, 6.07) is 14.9. The van der Waals surface area contributed by atoms with Gasteiger partial charge in [-0.3, -0.25) is 14.7 Å². The van der Waals surface area contributed by atoms with Crippen molar-refractivity contribution in [3.63, 3.8) is 0 Å². The minimum Gasteiger partial charge on any atom is -0.457 e. The molecule has 8 nitrogen and oxygen atoms in total. The fourth-order valence-corrected chi connectivity index (χ4v) is 4.14. The summed E-state index contributed by atoms with van der Waals surface area (Å²) in [6.07, 6.45) is 4.00. The molecule has 0 spiro atoms. The van der Waals surface area contributed by atoms with E-state index in [0.29, 0.717) is 28.6 Å². The van der Waals surface area contributed by atoms with Crippen molar-refractivity contribution in [1.82, 2.24) is 20.2 Å². The van der Waals surface area contributed by atoms with Gasteiger partial charge in [0.2, 0.25) is 0 Å². The van der Waals surface area contributed by atoms with Crippen molar-refractivity contribution in [2.75, 3.05) is 25.5 Å². The Morgan fingerprint density at radius 1 is 1.12 bits per heavy atom. The maximum Gasteiger partial charge on any atom is 0.300 e. The fourth-order valence-electron chi connectivity index (χ4n) is 3.97. The van der Waals surface area contributed by atoms with Crippen LogP contribution in [-0.2, 0) is 6.54 Å². The number of aromatic nitrogens is 2. The molecule has 1 aliphatic rings. The third-order valence-corrected chi connectivity index (χ3v) is 6.04. The molecular weight excluding hydrogens is 454 g/mol. The first kappa shape index (κ1) is 22.2. The number of rotatable bonds is 7. The standard InChI is InChI=1S/C25H24ClN5O3/c1-27-24(32)22-14-19(8-9-28-22)33-18-5-7-23-21(13-18)30-25(34-23)29-17-4-6-20(26)16(12-17)15-31-10-2-3-11-31/h4-9,12-14H,2-3,10-11,15H2,1H3,(H,27,32)(H,29,30). The molecule has 0 unspecified atom stereocenters. The molecule has 0 radical (unpaired) electrons. The van der Waals surface area contributed by atoms with Crippen LogP contribution in [-0.4, -0.2) is 40.9 Å². The summed E-state index contributed by atoms with van der Waals surface area (Å²) in [4.78, 5) is 22.8. The molecule has 1 fully saturated rings. The lowest BCUT2D eigenvalue weighted by atomic mass is 10.2. The van der Waals surface area contributed by atoms with Crippen LogP contribution < -0.4 is 15.4 Å². The number of hydrogen-bond acceptors (Lipinski definition) is 7. The van der Waals surface area contributed by atoms with Crippen molar-refractivity contribution in [2.24, 2.45) is 0 Å². The largest absolute Gasteiger partial charge is 0.457 e. The smallest absolute Gasteiger partial charge is 0.300 e. The van der Waals surface area contributed by atoms with Crippen molar-refractivity contribution in [3.05, 3.63) is 71.0 Å². The van der Waals surface area contributed by atoms with Gasteiger partial charge in [-0.1, -0.05) is 11.6 Å². The molecule has 1 saturated heterocycles. The third-order valence-electron chi connectivity index (χ3n) is 5.68. The number of anilines is 2. The topological polar surface area (TPSA) is 92.5 Å². The van der Waals surface area contributed by atoms with Crippen molar-refractivity contribution in [3.8, 4) is 11.5 Å². The molecule has 1 aliphatic heterocycles. The van der Waals surface area contributed by atoms with Gasteiger partial charge in [0, 0.05) is 42.6 Å². The lowest BCUT2D eigenvalue weighted by Crippen LogP contribution is -2.18. The number of ether oxygens (including phenoxy) is 1. The molecule has 174 valence electrons. The number of nitrogens with zero attached hydrogens (tertiary/aromatic N) is 3. The summed E-state index contributed by atoms with van der Waals surface area (Å²) < 4.78 is 11.8. The highest BCUT2D eigenvalue weighted by Crippen LogP contribution is 2.30. The van der Waals surface area contributed by atoms with Crippen LogP contribution in [0.4, 0.5) is 11.7 Å². The highest BCUT2D eigenvalue weighted by Gasteiger charge is 2.15. The van der Waals surface area contributed by atoms with Crippen LogP contribution in [0.25, 0.3) is 11.1 Å². The minimum absolute atomic E-state index is 0.279. The van der Waals surface area contributed by atoms with E-state index < -0.39 is 0 Å². The van der Waals surface area contributed by atoms with Crippen molar-refractivity contribution >= 4 is 40.3 Å². The zero-order chi connectivity index (χ0) is 23.5. The van der Waals surface area contributed by atoms with E-state index in [1.54, 1.807) is 37.4 Å². The Balaban J connectivity index is 1.32. The minimum atomic E-state index is -0.279. The van der Waals surface area contributed by atoms with Gasteiger partial charge in [-0.25, -0.2) is 0 Å². The van der Waals surface area contributed by atoms with E-state index in [0.717, 1.165) is 35.9 Å². The maximum atomic E-state index is 11.8. The molecule has 2 N–H and O–H groups in total. The van der Waals surface area contributed by atoms with E-state index in [2.05, 4.69) is 25.5 Å². The summed E-state index contributed by atoms with van der Waals surface area (Å²) in [5.41, 5.74) is 3.49. The van der Waals surface area contributed by atoms with E-state index in [4.69, 9.17) is 20.8 Å². The second-order valence-corrected chi connectivity index (χ2v) is 8.53. The Kier molecular flexibility index (Phi) is 6.33. The molecule has 4 aromatic rings. The van der Waals surface area contributed by atoms with Gasteiger partial charge in [0.05, 0.1) is 0 Å². The molecule has 9 heteroatoms.